The number of aliphatic hydroxyl groups is 1. The zero-order valence-corrected chi connectivity index (χ0v) is 7.95. The van der Waals surface area contributed by atoms with E-state index >= 15 is 0 Å². The van der Waals surface area contributed by atoms with Crippen LogP contribution >= 0.6 is 0 Å². The van der Waals surface area contributed by atoms with Gasteiger partial charge in [0.25, 0.3) is 0 Å². The third kappa shape index (κ3) is 3.21. The molecule has 0 saturated carbocycles. The van der Waals surface area contributed by atoms with E-state index < -0.39 is 0 Å². The fourth-order valence-electron chi connectivity index (χ4n) is 1.90. The molecule has 1 fully saturated rings. The van der Waals surface area contributed by atoms with Crippen molar-refractivity contribution in [1.29, 1.82) is 0 Å². The summed E-state index contributed by atoms with van der Waals surface area (Å²) in [4.78, 5) is 2.20. The van der Waals surface area contributed by atoms with Crippen LogP contribution in [0.25, 0.3) is 0 Å². The molecule has 0 unspecified atom stereocenters. The number of aliphatic hydroxyl groups excluding tert-OH is 1. The smallest absolute Gasteiger partial charge is 0.0898 e. The quantitative estimate of drug-likeness (QED) is 0.655. The molecule has 0 aromatic rings. The number of piperidine rings is 1. The third-order valence-corrected chi connectivity index (χ3v) is 2.70. The van der Waals surface area contributed by atoms with Gasteiger partial charge in [0.1, 0.15) is 0 Å². The lowest BCUT2D eigenvalue weighted by molar-refractivity contribution is 0.0214. The minimum Gasteiger partial charge on any atom is -0.393 e. The lowest BCUT2D eigenvalue weighted by Gasteiger charge is -2.35. The summed E-state index contributed by atoms with van der Waals surface area (Å²) in [5.41, 5.74) is 5.44. The summed E-state index contributed by atoms with van der Waals surface area (Å²) in [6, 6.07) is 0. The van der Waals surface area contributed by atoms with Crippen LogP contribution in [-0.4, -0.2) is 49.0 Å². The fraction of sp³-hybridized carbons (Fsp3) is 1.00. The van der Waals surface area contributed by atoms with Gasteiger partial charge in [-0.15, -0.1) is 0 Å². The van der Waals surface area contributed by atoms with Gasteiger partial charge in [0.2, 0.25) is 0 Å². The number of alkyl halides is 1. The minimum absolute atomic E-state index is 0.102. The Labute approximate surface area is 78.7 Å². The van der Waals surface area contributed by atoms with E-state index in [1.807, 2.05) is 0 Å². The summed E-state index contributed by atoms with van der Waals surface area (Å²) < 4.78 is 12.1. The first-order chi connectivity index (χ1) is 6.27. The number of rotatable bonds is 4. The van der Waals surface area contributed by atoms with Crippen LogP contribution in [0.15, 0.2) is 0 Å². The second-order valence-corrected chi connectivity index (χ2v) is 3.68. The lowest BCUT2D eigenvalue weighted by Crippen LogP contribution is -2.45. The van der Waals surface area contributed by atoms with Crippen molar-refractivity contribution in [1.82, 2.24) is 4.90 Å². The molecule has 13 heavy (non-hydrogen) atoms. The molecule has 1 rings (SSSR count). The van der Waals surface area contributed by atoms with Gasteiger partial charge in [-0.2, -0.15) is 0 Å². The Kier molecular flexibility index (Phi) is 4.62. The number of hydrogen-bond acceptors (Lipinski definition) is 3. The summed E-state index contributed by atoms with van der Waals surface area (Å²) in [6.45, 7) is 2.84. The average Bonchev–Trinajstić information content (AvgIpc) is 2.12. The average molecular weight is 190 g/mol. The Morgan fingerprint density at radius 3 is 2.92 bits per heavy atom. The molecular formula is C9H19FN2O. The lowest BCUT2D eigenvalue weighted by atomic mass is 9.92. The van der Waals surface area contributed by atoms with E-state index in [0.29, 0.717) is 13.0 Å². The topological polar surface area (TPSA) is 49.5 Å². The van der Waals surface area contributed by atoms with Crippen molar-refractivity contribution >= 4 is 0 Å². The summed E-state index contributed by atoms with van der Waals surface area (Å²) >= 11 is 0. The number of hydrogen-bond donors (Lipinski definition) is 2. The van der Waals surface area contributed by atoms with E-state index in [2.05, 4.69) is 4.90 Å². The first kappa shape index (κ1) is 10.9. The van der Waals surface area contributed by atoms with Crippen LogP contribution in [-0.2, 0) is 0 Å². The molecule has 78 valence electrons. The van der Waals surface area contributed by atoms with Crippen molar-refractivity contribution in [3.05, 3.63) is 0 Å². The van der Waals surface area contributed by atoms with E-state index in [9.17, 15) is 9.50 Å². The van der Waals surface area contributed by atoms with Crippen molar-refractivity contribution in [2.75, 3.05) is 32.9 Å². The number of nitrogens with zero attached hydrogens (tertiary/aromatic N) is 1. The maximum Gasteiger partial charge on any atom is 0.0898 e. The molecule has 1 aliphatic rings. The Hall–Kier alpha value is -0.190. The maximum absolute atomic E-state index is 12.1. The molecule has 1 saturated heterocycles. The second kappa shape index (κ2) is 5.52. The SMILES string of the molecule is NCCN1CC[C@H](O)[C@H](CCF)C1. The molecular weight excluding hydrogens is 171 g/mol. The Morgan fingerprint density at radius 2 is 2.31 bits per heavy atom. The summed E-state index contributed by atoms with van der Waals surface area (Å²) in [5.74, 6) is 0.102. The highest BCUT2D eigenvalue weighted by atomic mass is 19.1. The Bertz CT molecular complexity index is 146. The minimum atomic E-state index is -0.335. The molecule has 2 atom stereocenters. The first-order valence-corrected chi connectivity index (χ1v) is 4.94. The van der Waals surface area contributed by atoms with Crippen LogP contribution < -0.4 is 5.73 Å². The first-order valence-electron chi connectivity index (χ1n) is 4.94. The van der Waals surface area contributed by atoms with Gasteiger partial charge in [-0.05, 0) is 12.8 Å². The van der Waals surface area contributed by atoms with Crippen LogP contribution in [0, 0.1) is 5.92 Å². The number of likely N-dealkylation sites (tertiary alicyclic amines) is 1. The summed E-state index contributed by atoms with van der Waals surface area (Å²) in [6.07, 6.45) is 0.914. The van der Waals surface area contributed by atoms with Gasteiger partial charge in [0.05, 0.1) is 12.8 Å². The highest BCUT2D eigenvalue weighted by Gasteiger charge is 2.26. The van der Waals surface area contributed by atoms with Crippen molar-refractivity contribution < 1.29 is 9.50 Å². The van der Waals surface area contributed by atoms with Crippen molar-refractivity contribution in [3.8, 4) is 0 Å². The van der Waals surface area contributed by atoms with Gasteiger partial charge in [-0.25, -0.2) is 0 Å². The molecule has 4 heteroatoms. The van der Waals surface area contributed by atoms with Gasteiger partial charge >= 0.3 is 0 Å². The van der Waals surface area contributed by atoms with E-state index in [4.69, 9.17) is 5.73 Å². The number of halogens is 1. The van der Waals surface area contributed by atoms with E-state index in [0.717, 1.165) is 26.1 Å². The van der Waals surface area contributed by atoms with Gasteiger partial charge in [0, 0.05) is 32.1 Å². The largest absolute Gasteiger partial charge is 0.393 e. The molecule has 0 aliphatic carbocycles. The maximum atomic E-state index is 12.1. The van der Waals surface area contributed by atoms with Crippen LogP contribution in [0.3, 0.4) is 0 Å². The van der Waals surface area contributed by atoms with Crippen LogP contribution in [0.5, 0.6) is 0 Å². The monoisotopic (exact) mass is 190 g/mol. The highest BCUT2D eigenvalue weighted by Crippen LogP contribution is 2.19. The van der Waals surface area contributed by atoms with Gasteiger partial charge in [0.15, 0.2) is 0 Å². The molecule has 0 amide bonds. The normalized spacial score (nSPS) is 30.7. The highest BCUT2D eigenvalue weighted by molar-refractivity contribution is 4.79. The molecule has 0 radical (unpaired) electrons. The molecule has 3 N–H and O–H groups in total. The Morgan fingerprint density at radius 1 is 1.54 bits per heavy atom. The van der Waals surface area contributed by atoms with E-state index in [1.165, 1.54) is 0 Å². The summed E-state index contributed by atoms with van der Waals surface area (Å²) in [5, 5.41) is 9.56. The predicted octanol–water partition coefficient (Wildman–Crippen LogP) is -0.0125. The molecule has 1 heterocycles. The molecule has 3 nitrogen and oxygen atoms in total. The molecule has 0 aromatic heterocycles. The van der Waals surface area contributed by atoms with Crippen LogP contribution in [0.2, 0.25) is 0 Å². The van der Waals surface area contributed by atoms with Crippen LogP contribution in [0.4, 0.5) is 4.39 Å². The molecule has 0 spiro atoms. The van der Waals surface area contributed by atoms with Crippen LogP contribution in [0.1, 0.15) is 12.8 Å². The zero-order chi connectivity index (χ0) is 9.68. The predicted molar refractivity (Wildman–Crippen MR) is 50.2 cm³/mol. The van der Waals surface area contributed by atoms with Gasteiger partial charge < -0.3 is 15.7 Å². The van der Waals surface area contributed by atoms with Crippen molar-refractivity contribution in [3.63, 3.8) is 0 Å². The van der Waals surface area contributed by atoms with Gasteiger partial charge in [-0.1, -0.05) is 0 Å². The number of nitrogens with two attached hydrogens (primary N) is 1. The van der Waals surface area contributed by atoms with E-state index in [-0.39, 0.29) is 18.7 Å². The van der Waals surface area contributed by atoms with Crippen molar-refractivity contribution in [2.24, 2.45) is 11.7 Å². The summed E-state index contributed by atoms with van der Waals surface area (Å²) in [7, 11) is 0. The van der Waals surface area contributed by atoms with E-state index in [1.54, 1.807) is 0 Å². The van der Waals surface area contributed by atoms with Gasteiger partial charge in [-0.3, -0.25) is 4.39 Å². The zero-order valence-electron chi connectivity index (χ0n) is 7.95. The second-order valence-electron chi connectivity index (χ2n) is 3.68. The molecule has 1 aliphatic heterocycles. The van der Waals surface area contributed by atoms with Crippen molar-refractivity contribution in [2.45, 2.75) is 18.9 Å². The standard InChI is InChI=1S/C9H19FN2O/c10-3-1-8-7-12(6-4-11)5-2-9(8)13/h8-9,13H,1-7,11H2/t8-,9+/m1/s1. The molecule has 0 bridgehead atoms. The third-order valence-electron chi connectivity index (χ3n) is 2.70. The Balaban J connectivity index is 2.33. The molecule has 0 aromatic carbocycles. The fourth-order valence-corrected chi connectivity index (χ4v) is 1.90.